The molecule has 3 aromatic rings. The van der Waals surface area contributed by atoms with Crippen molar-refractivity contribution in [2.24, 2.45) is 4.99 Å². The van der Waals surface area contributed by atoms with Crippen molar-refractivity contribution in [3.63, 3.8) is 0 Å². The second-order valence-electron chi connectivity index (χ2n) is 9.72. The molecule has 0 bridgehead atoms. The molecule has 0 spiro atoms. The van der Waals surface area contributed by atoms with E-state index >= 15 is 0 Å². The molecule has 3 N–H and O–H groups in total. The lowest BCUT2D eigenvalue weighted by atomic mass is 9.80. The number of phenols is 1. The van der Waals surface area contributed by atoms with E-state index < -0.39 is 0 Å². The van der Waals surface area contributed by atoms with Crippen LogP contribution in [-0.4, -0.2) is 29.3 Å². The van der Waals surface area contributed by atoms with Crippen LogP contribution in [-0.2, 0) is 0 Å². The maximum atomic E-state index is 10.1. The van der Waals surface area contributed by atoms with Gasteiger partial charge in [-0.25, -0.2) is 0 Å². The van der Waals surface area contributed by atoms with E-state index in [9.17, 15) is 5.11 Å². The Labute approximate surface area is 177 Å². The molecule has 5 nitrogen and oxygen atoms in total. The van der Waals surface area contributed by atoms with Crippen LogP contribution in [0.2, 0.25) is 0 Å². The van der Waals surface area contributed by atoms with Crippen LogP contribution in [0.4, 0.5) is 0 Å². The third-order valence-electron chi connectivity index (χ3n) is 5.73. The van der Waals surface area contributed by atoms with Crippen molar-refractivity contribution in [2.75, 3.05) is 7.11 Å². The normalized spacial score (nSPS) is 19.2. The van der Waals surface area contributed by atoms with Crippen LogP contribution in [0.5, 0.6) is 11.5 Å². The van der Waals surface area contributed by atoms with Crippen molar-refractivity contribution >= 4 is 11.0 Å². The van der Waals surface area contributed by atoms with Gasteiger partial charge in [-0.1, -0.05) is 0 Å². The fraction of sp³-hybridized carbons (Fsp3) is 0.400. The van der Waals surface area contributed by atoms with Crippen LogP contribution >= 0.6 is 0 Å². The molecule has 0 aliphatic carbocycles. The van der Waals surface area contributed by atoms with E-state index in [0.717, 1.165) is 40.7 Å². The maximum absolute atomic E-state index is 10.1. The number of aromatic hydroxyl groups is 1. The highest BCUT2D eigenvalue weighted by molar-refractivity contribution is 5.80. The minimum Gasteiger partial charge on any atom is -0.508 e. The van der Waals surface area contributed by atoms with Crippen molar-refractivity contribution < 1.29 is 19.6 Å². The number of methoxy groups -OCH3 is 1. The summed E-state index contributed by atoms with van der Waals surface area (Å²) in [6, 6.07) is 15.2. The number of rotatable bonds is 3. The predicted octanol–water partition coefficient (Wildman–Crippen LogP) is 4.00. The van der Waals surface area contributed by atoms with Crippen LogP contribution in [0.15, 0.2) is 57.9 Å². The zero-order valence-electron chi connectivity index (χ0n) is 18.4. The first kappa shape index (κ1) is 20.5. The van der Waals surface area contributed by atoms with E-state index in [1.54, 1.807) is 25.3 Å². The molecule has 0 saturated carbocycles. The molecule has 0 amide bonds. The van der Waals surface area contributed by atoms with Gasteiger partial charge in [0.1, 0.15) is 22.8 Å². The number of hydrogen-bond acceptors (Lipinski definition) is 4. The average Bonchev–Trinajstić information content (AvgIpc) is 2.66. The summed E-state index contributed by atoms with van der Waals surface area (Å²) >= 11 is 0. The number of nitrogens with zero attached hydrogens (tertiary/aromatic N) is 1. The fourth-order valence-electron chi connectivity index (χ4n) is 4.91. The number of hydrogen-bond donors (Lipinski definition) is 2. The van der Waals surface area contributed by atoms with Gasteiger partial charge in [0.25, 0.3) is 0 Å². The number of piperidine rings is 1. The van der Waals surface area contributed by atoms with Crippen molar-refractivity contribution in [3.05, 3.63) is 53.9 Å². The molecular weight excluding hydrogens is 376 g/mol. The lowest BCUT2D eigenvalue weighted by Crippen LogP contribution is -3.05. The molecule has 158 valence electrons. The molecule has 30 heavy (non-hydrogen) atoms. The lowest BCUT2D eigenvalue weighted by molar-refractivity contribution is -0.787. The molecule has 5 heteroatoms. The number of ether oxygens (including phenoxy) is 1. The highest BCUT2D eigenvalue weighted by Crippen LogP contribution is 2.27. The Kier molecular flexibility index (Phi) is 5.10. The summed E-state index contributed by atoms with van der Waals surface area (Å²) in [5.41, 5.74) is 1.93. The van der Waals surface area contributed by atoms with Crippen molar-refractivity contribution in [1.29, 1.82) is 0 Å². The summed E-state index contributed by atoms with van der Waals surface area (Å²) in [4.78, 5) is 5.18. The number of nitrogens with two attached hydrogens (primary N) is 1. The molecule has 1 fully saturated rings. The van der Waals surface area contributed by atoms with Crippen LogP contribution < -0.4 is 15.4 Å². The summed E-state index contributed by atoms with van der Waals surface area (Å²) in [5.74, 6) is 1.76. The van der Waals surface area contributed by atoms with Gasteiger partial charge in [0.2, 0.25) is 0 Å². The van der Waals surface area contributed by atoms with Crippen LogP contribution in [0, 0.1) is 0 Å². The molecule has 1 aromatic heterocycles. The average molecular weight is 408 g/mol. The van der Waals surface area contributed by atoms with E-state index in [1.165, 1.54) is 0 Å². The summed E-state index contributed by atoms with van der Waals surface area (Å²) < 4.78 is 11.4. The smallest absolute Gasteiger partial charge is 0.137 e. The summed E-state index contributed by atoms with van der Waals surface area (Å²) in [6.07, 6.45) is 2.00. The van der Waals surface area contributed by atoms with Gasteiger partial charge in [-0.2, -0.15) is 0 Å². The molecule has 0 unspecified atom stereocenters. The highest BCUT2D eigenvalue weighted by Gasteiger charge is 2.41. The molecule has 2 aromatic carbocycles. The minimum atomic E-state index is 0.131. The first-order chi connectivity index (χ1) is 14.1. The molecule has 1 aliphatic rings. The first-order valence-corrected chi connectivity index (χ1v) is 10.5. The van der Waals surface area contributed by atoms with Crippen molar-refractivity contribution in [2.45, 2.75) is 57.7 Å². The molecule has 1 aliphatic heterocycles. The van der Waals surface area contributed by atoms with Crippen LogP contribution in [0.3, 0.4) is 0 Å². The largest absolute Gasteiger partial charge is 0.508 e. The van der Waals surface area contributed by atoms with E-state index in [4.69, 9.17) is 14.1 Å². The number of benzene rings is 2. The van der Waals surface area contributed by atoms with Gasteiger partial charge in [-0.15, -0.1) is 0 Å². The van der Waals surface area contributed by atoms with Crippen LogP contribution in [0.1, 0.15) is 40.5 Å². The van der Waals surface area contributed by atoms with Gasteiger partial charge < -0.3 is 19.6 Å². The Bertz CT molecular complexity index is 1110. The van der Waals surface area contributed by atoms with E-state index in [0.29, 0.717) is 5.58 Å². The molecule has 2 heterocycles. The van der Waals surface area contributed by atoms with Crippen molar-refractivity contribution in [3.8, 4) is 22.8 Å². The molecular formula is C25H31N2O3+. The third kappa shape index (κ3) is 4.36. The molecule has 1 saturated heterocycles. The zero-order valence-corrected chi connectivity index (χ0v) is 18.4. The minimum absolute atomic E-state index is 0.131. The summed E-state index contributed by atoms with van der Waals surface area (Å²) in [5, 5.41) is 14.2. The predicted molar refractivity (Wildman–Crippen MR) is 119 cm³/mol. The summed E-state index contributed by atoms with van der Waals surface area (Å²) in [7, 11) is 1.66. The Morgan fingerprint density at radius 1 is 1.00 bits per heavy atom. The number of phenolic OH excluding ortho intramolecular Hbond substituents is 1. The Balaban J connectivity index is 1.86. The first-order valence-electron chi connectivity index (χ1n) is 10.5. The fourth-order valence-corrected chi connectivity index (χ4v) is 4.91. The van der Waals surface area contributed by atoms with Gasteiger partial charge in [0, 0.05) is 29.9 Å². The third-order valence-corrected chi connectivity index (χ3v) is 5.73. The van der Waals surface area contributed by atoms with Gasteiger partial charge in [-0.3, -0.25) is 4.99 Å². The maximum Gasteiger partial charge on any atom is 0.137 e. The Morgan fingerprint density at radius 3 is 2.30 bits per heavy atom. The Morgan fingerprint density at radius 2 is 1.67 bits per heavy atom. The van der Waals surface area contributed by atoms with Gasteiger partial charge in [0.15, 0.2) is 0 Å². The van der Waals surface area contributed by atoms with Gasteiger partial charge in [-0.05, 0) is 70.2 Å². The van der Waals surface area contributed by atoms with E-state index in [1.807, 2.05) is 30.3 Å². The van der Waals surface area contributed by atoms with Crippen LogP contribution in [0.25, 0.3) is 22.3 Å². The molecule has 0 radical (unpaired) electrons. The molecule has 0 atom stereocenters. The van der Waals surface area contributed by atoms with Gasteiger partial charge in [0.05, 0.1) is 29.6 Å². The zero-order chi connectivity index (χ0) is 21.5. The monoisotopic (exact) mass is 407 g/mol. The lowest BCUT2D eigenvalue weighted by Gasteiger charge is -2.41. The standard InChI is InChI=1S/C25H30N2O3/c1-24(2)14-17(15-25(3,4)27-24)26-21-13-23(16-6-9-19(29-5)10-7-16)30-22-11-8-18(28)12-20(21)22/h6-13,17,27-28H,14-15H2,1-5H3/p+1. The summed E-state index contributed by atoms with van der Waals surface area (Å²) in [6.45, 7) is 9.12. The van der Waals surface area contributed by atoms with Gasteiger partial charge >= 0.3 is 0 Å². The SMILES string of the molecule is COc1ccc(-c2cc(=NC3CC(C)(C)[NH2+]C(C)(C)C3)c3cc(O)ccc3o2)cc1. The second kappa shape index (κ2) is 7.47. The van der Waals surface area contributed by atoms with E-state index in [-0.39, 0.29) is 22.9 Å². The highest BCUT2D eigenvalue weighted by atomic mass is 16.5. The Hall–Kier alpha value is -2.79. The molecule has 4 rings (SSSR count). The van der Waals surface area contributed by atoms with Crippen molar-refractivity contribution in [1.82, 2.24) is 0 Å². The number of quaternary nitrogens is 1. The second-order valence-corrected chi connectivity index (χ2v) is 9.72. The van der Waals surface area contributed by atoms with E-state index in [2.05, 4.69) is 33.0 Å². The quantitative estimate of drug-likeness (QED) is 0.689. The number of fused-ring (bicyclic) bond motifs is 1. The topological polar surface area (TPSA) is 71.6 Å².